The second-order valence-electron chi connectivity index (χ2n) is 6.31. The number of rotatable bonds is 3. The van der Waals surface area contributed by atoms with E-state index in [0.29, 0.717) is 35.6 Å². The van der Waals surface area contributed by atoms with E-state index < -0.39 is 0 Å². The molecule has 0 saturated carbocycles. The Kier molecular flexibility index (Phi) is 4.09. The largest absolute Gasteiger partial charge is 0.381 e. The van der Waals surface area contributed by atoms with Crippen molar-refractivity contribution in [2.75, 3.05) is 13.2 Å². The molecule has 4 rings (SSSR count). The fraction of sp³-hybridized carbons (Fsp3) is 0.389. The topological polar surface area (TPSA) is 61.9 Å². The predicted molar refractivity (Wildman–Crippen MR) is 91.1 cm³/mol. The van der Waals surface area contributed by atoms with E-state index in [1.165, 1.54) is 10.6 Å². The first-order valence-corrected chi connectivity index (χ1v) is 8.41. The summed E-state index contributed by atoms with van der Waals surface area (Å²) in [4.78, 5) is 17.5. The van der Waals surface area contributed by atoms with Gasteiger partial charge in [-0.25, -0.2) is 14.1 Å². The van der Waals surface area contributed by atoms with E-state index in [1.54, 1.807) is 31.3 Å². The van der Waals surface area contributed by atoms with Crippen LogP contribution in [-0.2, 0) is 11.3 Å². The Balaban J connectivity index is 1.78. The first-order chi connectivity index (χ1) is 12.1. The zero-order valence-electron chi connectivity index (χ0n) is 14.0. The van der Waals surface area contributed by atoms with Gasteiger partial charge < -0.3 is 4.74 Å². The highest BCUT2D eigenvalue weighted by molar-refractivity contribution is 5.73. The van der Waals surface area contributed by atoms with E-state index in [1.807, 2.05) is 4.68 Å². The quantitative estimate of drug-likeness (QED) is 0.733. The lowest BCUT2D eigenvalue weighted by Crippen LogP contribution is -2.26. The molecule has 1 saturated heterocycles. The summed E-state index contributed by atoms with van der Waals surface area (Å²) in [6.45, 7) is 3.30. The normalized spacial score (nSPS) is 15.8. The Bertz CT molecular complexity index is 973. The van der Waals surface area contributed by atoms with Crippen LogP contribution in [0.4, 0.5) is 4.39 Å². The van der Waals surface area contributed by atoms with Crippen LogP contribution in [0.25, 0.3) is 11.0 Å². The third-order valence-corrected chi connectivity index (χ3v) is 4.73. The monoisotopic (exact) mass is 342 g/mol. The van der Waals surface area contributed by atoms with E-state index >= 15 is 0 Å². The first kappa shape index (κ1) is 16.0. The molecule has 25 heavy (non-hydrogen) atoms. The lowest BCUT2D eigenvalue weighted by Gasteiger charge is -2.22. The summed E-state index contributed by atoms with van der Waals surface area (Å²) in [6.07, 6.45) is 3.28. The van der Waals surface area contributed by atoms with E-state index in [2.05, 4.69) is 10.1 Å². The summed E-state index contributed by atoms with van der Waals surface area (Å²) in [6, 6.07) is 6.66. The molecule has 0 N–H and O–H groups in total. The van der Waals surface area contributed by atoms with Crippen LogP contribution in [0.3, 0.4) is 0 Å². The Labute approximate surface area is 143 Å². The van der Waals surface area contributed by atoms with Crippen LogP contribution in [0.2, 0.25) is 0 Å². The number of hydrogen-bond donors (Lipinski definition) is 0. The van der Waals surface area contributed by atoms with Crippen molar-refractivity contribution in [2.45, 2.75) is 32.4 Å². The highest BCUT2D eigenvalue weighted by Gasteiger charge is 2.21. The maximum absolute atomic E-state index is 13.9. The molecule has 7 heteroatoms. The average Bonchev–Trinajstić information content (AvgIpc) is 3.04. The van der Waals surface area contributed by atoms with Gasteiger partial charge in [0.15, 0.2) is 5.65 Å². The van der Waals surface area contributed by atoms with Crippen LogP contribution in [0.15, 0.2) is 35.3 Å². The molecule has 0 spiro atoms. The average molecular weight is 342 g/mol. The zero-order chi connectivity index (χ0) is 17.4. The Morgan fingerprint density at radius 3 is 2.80 bits per heavy atom. The smallest absolute Gasteiger partial charge is 0.264 e. The highest BCUT2D eigenvalue weighted by Crippen LogP contribution is 2.23. The molecule has 2 aromatic heterocycles. The molecule has 0 unspecified atom stereocenters. The number of hydrogen-bond acceptors (Lipinski definition) is 4. The standard InChI is InChI=1S/C18H19FN4O2/c1-12-21-17-15(10-20-23(17)14-6-8-25-9-7-14)18(24)22(12)11-13-4-2-3-5-16(13)19/h2-5,10,14H,6-9,11H2,1H3. The molecule has 0 bridgehead atoms. The third-order valence-electron chi connectivity index (χ3n) is 4.73. The van der Waals surface area contributed by atoms with Crippen molar-refractivity contribution in [2.24, 2.45) is 0 Å². The van der Waals surface area contributed by atoms with E-state index in [0.717, 1.165) is 12.8 Å². The Hall–Kier alpha value is -2.54. The van der Waals surface area contributed by atoms with Gasteiger partial charge in [0.25, 0.3) is 5.56 Å². The number of aryl methyl sites for hydroxylation is 1. The summed E-state index contributed by atoms with van der Waals surface area (Å²) in [5.74, 6) is 0.223. The second kappa shape index (κ2) is 6.40. The van der Waals surface area contributed by atoms with Crippen molar-refractivity contribution in [1.82, 2.24) is 19.3 Å². The maximum atomic E-state index is 13.9. The van der Waals surface area contributed by atoms with Crippen LogP contribution >= 0.6 is 0 Å². The molecule has 1 aliphatic rings. The zero-order valence-corrected chi connectivity index (χ0v) is 14.0. The number of nitrogens with zero attached hydrogens (tertiary/aromatic N) is 4. The molecule has 0 radical (unpaired) electrons. The van der Waals surface area contributed by atoms with Crippen molar-refractivity contribution in [1.29, 1.82) is 0 Å². The second-order valence-corrected chi connectivity index (χ2v) is 6.31. The van der Waals surface area contributed by atoms with Crippen LogP contribution < -0.4 is 5.56 Å². The molecular weight excluding hydrogens is 323 g/mol. The van der Waals surface area contributed by atoms with Crippen LogP contribution in [-0.4, -0.2) is 32.5 Å². The molecule has 1 aromatic carbocycles. The molecule has 6 nitrogen and oxygen atoms in total. The van der Waals surface area contributed by atoms with Gasteiger partial charge >= 0.3 is 0 Å². The van der Waals surface area contributed by atoms with Gasteiger partial charge in [-0.3, -0.25) is 9.36 Å². The lowest BCUT2D eigenvalue weighted by atomic mass is 10.1. The SMILES string of the molecule is Cc1nc2c(cnn2C2CCOCC2)c(=O)n1Cc1ccccc1F. The predicted octanol–water partition coefficient (Wildman–Crippen LogP) is 2.44. The molecule has 130 valence electrons. The summed E-state index contributed by atoms with van der Waals surface area (Å²) < 4.78 is 22.7. The first-order valence-electron chi connectivity index (χ1n) is 8.41. The van der Waals surface area contributed by atoms with Gasteiger partial charge in [-0.05, 0) is 25.8 Å². The molecule has 0 atom stereocenters. The molecule has 1 aliphatic heterocycles. The van der Waals surface area contributed by atoms with Crippen molar-refractivity contribution >= 4 is 11.0 Å². The molecule has 0 amide bonds. The van der Waals surface area contributed by atoms with Crippen LogP contribution in [0, 0.1) is 12.7 Å². The van der Waals surface area contributed by atoms with E-state index in [9.17, 15) is 9.18 Å². The number of fused-ring (bicyclic) bond motifs is 1. The van der Waals surface area contributed by atoms with Gasteiger partial charge in [0.05, 0.1) is 18.8 Å². The van der Waals surface area contributed by atoms with Crippen molar-refractivity contribution in [3.63, 3.8) is 0 Å². The number of ether oxygens (including phenoxy) is 1. The van der Waals surface area contributed by atoms with Crippen LogP contribution in [0.5, 0.6) is 0 Å². The minimum absolute atomic E-state index is 0.155. The number of aromatic nitrogens is 4. The fourth-order valence-electron chi connectivity index (χ4n) is 3.30. The Morgan fingerprint density at radius 2 is 2.04 bits per heavy atom. The fourth-order valence-corrected chi connectivity index (χ4v) is 3.30. The van der Waals surface area contributed by atoms with E-state index in [-0.39, 0.29) is 24.0 Å². The minimum Gasteiger partial charge on any atom is -0.381 e. The molecular formula is C18H19FN4O2. The highest BCUT2D eigenvalue weighted by atomic mass is 19.1. The molecule has 3 heterocycles. The van der Waals surface area contributed by atoms with Gasteiger partial charge in [-0.1, -0.05) is 18.2 Å². The van der Waals surface area contributed by atoms with Crippen LogP contribution in [0.1, 0.15) is 30.3 Å². The summed E-state index contributed by atoms with van der Waals surface area (Å²) in [5.41, 5.74) is 0.869. The molecule has 3 aromatic rings. The van der Waals surface area contributed by atoms with Crippen molar-refractivity contribution in [3.8, 4) is 0 Å². The van der Waals surface area contributed by atoms with Gasteiger partial charge in [0.1, 0.15) is 17.0 Å². The molecule has 1 fully saturated rings. The van der Waals surface area contributed by atoms with Crippen molar-refractivity contribution in [3.05, 3.63) is 58.0 Å². The van der Waals surface area contributed by atoms with Gasteiger partial charge in [-0.15, -0.1) is 0 Å². The lowest BCUT2D eigenvalue weighted by molar-refractivity contribution is 0.0673. The summed E-state index contributed by atoms with van der Waals surface area (Å²) in [5, 5.41) is 4.86. The third kappa shape index (κ3) is 2.84. The Morgan fingerprint density at radius 1 is 1.28 bits per heavy atom. The van der Waals surface area contributed by atoms with Crippen molar-refractivity contribution < 1.29 is 9.13 Å². The van der Waals surface area contributed by atoms with Gasteiger partial charge in [0, 0.05) is 18.8 Å². The van der Waals surface area contributed by atoms with Gasteiger partial charge in [0.2, 0.25) is 0 Å². The summed E-state index contributed by atoms with van der Waals surface area (Å²) in [7, 11) is 0. The summed E-state index contributed by atoms with van der Waals surface area (Å²) >= 11 is 0. The minimum atomic E-state index is -0.327. The van der Waals surface area contributed by atoms with Gasteiger partial charge in [-0.2, -0.15) is 5.10 Å². The number of halogens is 1. The molecule has 0 aliphatic carbocycles. The number of benzene rings is 1. The maximum Gasteiger partial charge on any atom is 0.264 e. The van der Waals surface area contributed by atoms with E-state index in [4.69, 9.17) is 4.74 Å².